The van der Waals surface area contributed by atoms with Crippen LogP contribution in [-0.2, 0) is 9.53 Å². The van der Waals surface area contributed by atoms with Gasteiger partial charge in [0.25, 0.3) is 0 Å². The van der Waals surface area contributed by atoms with Gasteiger partial charge in [-0.25, -0.2) is 0 Å². The number of ether oxygens (including phenoxy) is 1. The molecule has 0 fully saturated rings. The van der Waals surface area contributed by atoms with Gasteiger partial charge in [0.15, 0.2) is 0 Å². The molecule has 1 aromatic carbocycles. The fourth-order valence-corrected chi connectivity index (χ4v) is 22.1. The Hall–Kier alpha value is -1.03. The summed E-state index contributed by atoms with van der Waals surface area (Å²) in [4.78, 5) is 13.1. The van der Waals surface area contributed by atoms with E-state index in [0.717, 1.165) is 5.57 Å². The monoisotopic (exact) mass is 506 g/mol. The molecule has 2 nitrogen and oxygen atoms in total. The minimum absolute atomic E-state index is 0.128. The SMILES string of the molecule is C=CC/C(C(=O)OCC)=[C](/c1ccccc1)[Sn]([CH2]CCC)([CH2]CCC)[CH2]CCC. The fourth-order valence-electron chi connectivity index (χ4n) is 4.35. The van der Waals surface area contributed by atoms with Crippen LogP contribution in [0.2, 0.25) is 13.3 Å². The first-order valence-corrected chi connectivity index (χ1v) is 19.1. The van der Waals surface area contributed by atoms with Crippen molar-refractivity contribution < 1.29 is 9.53 Å². The molecule has 3 heteroatoms. The van der Waals surface area contributed by atoms with Gasteiger partial charge in [-0.15, -0.1) is 0 Å². The van der Waals surface area contributed by atoms with E-state index in [-0.39, 0.29) is 5.97 Å². The summed E-state index contributed by atoms with van der Waals surface area (Å²) in [6.45, 7) is 13.2. The Balaban J connectivity index is 3.77. The molecular weight excluding hydrogens is 463 g/mol. The molecule has 0 heterocycles. The number of benzene rings is 1. The molecule has 0 saturated heterocycles. The van der Waals surface area contributed by atoms with Gasteiger partial charge in [-0.2, -0.15) is 0 Å². The number of hydrogen-bond acceptors (Lipinski definition) is 2. The number of esters is 1. The fraction of sp³-hybridized carbons (Fsp3) is 0.577. The first-order chi connectivity index (χ1) is 14.1. The molecule has 0 bridgehead atoms. The van der Waals surface area contributed by atoms with Crippen LogP contribution in [0.25, 0.3) is 3.59 Å². The second kappa shape index (κ2) is 14.9. The summed E-state index contributed by atoms with van der Waals surface area (Å²) in [5, 5.41) is 0. The molecule has 0 amide bonds. The minimum atomic E-state index is -2.86. The van der Waals surface area contributed by atoms with Gasteiger partial charge < -0.3 is 0 Å². The molecule has 0 saturated carbocycles. The van der Waals surface area contributed by atoms with Crippen LogP contribution in [-0.4, -0.2) is 31.0 Å². The first-order valence-electron chi connectivity index (χ1n) is 11.7. The zero-order valence-corrected chi connectivity index (χ0v) is 22.1. The van der Waals surface area contributed by atoms with Crippen LogP contribution in [0.3, 0.4) is 0 Å². The van der Waals surface area contributed by atoms with E-state index in [1.165, 1.54) is 61.0 Å². The van der Waals surface area contributed by atoms with Crippen LogP contribution in [0.15, 0.2) is 48.6 Å². The number of unbranched alkanes of at least 4 members (excludes halogenated alkanes) is 3. The van der Waals surface area contributed by atoms with Crippen LogP contribution in [0, 0.1) is 0 Å². The Morgan fingerprint density at radius 2 is 1.45 bits per heavy atom. The van der Waals surface area contributed by atoms with E-state index in [0.29, 0.717) is 13.0 Å². The van der Waals surface area contributed by atoms with Gasteiger partial charge >= 0.3 is 184 Å². The molecule has 0 unspecified atom stereocenters. The number of allylic oxidation sites excluding steroid dienone is 1. The van der Waals surface area contributed by atoms with Crippen molar-refractivity contribution in [3.8, 4) is 0 Å². The second-order valence-electron chi connectivity index (χ2n) is 8.02. The third-order valence-electron chi connectivity index (χ3n) is 5.79. The quantitative estimate of drug-likeness (QED) is 0.105. The number of rotatable bonds is 15. The molecule has 0 aromatic heterocycles. The summed E-state index contributed by atoms with van der Waals surface area (Å²) in [7, 11) is 0. The normalized spacial score (nSPS) is 12.4. The molecule has 0 aliphatic carbocycles. The molecule has 1 aromatic rings. The van der Waals surface area contributed by atoms with Gasteiger partial charge in [-0.05, 0) is 0 Å². The summed E-state index contributed by atoms with van der Waals surface area (Å²) >= 11 is -2.86. The molecule has 0 atom stereocenters. The molecule has 0 N–H and O–H groups in total. The van der Waals surface area contributed by atoms with Gasteiger partial charge in [-0.1, -0.05) is 0 Å². The zero-order chi connectivity index (χ0) is 21.5. The third-order valence-corrected chi connectivity index (χ3v) is 21.7. The summed E-state index contributed by atoms with van der Waals surface area (Å²) < 4.78 is 11.0. The Bertz CT molecular complexity index is 612. The standard InChI is InChI=1S/C14H15O2.3C4H9.Sn/c1-3-8-13(14(15)16-4-2)11-12-9-6-5-7-10-12;3*1-3-4-2;/h3,5-7,9-10H,1,4,8H2,2H3;3*1,3-4H2,2H3;. The average Bonchev–Trinajstić information content (AvgIpc) is 2.74. The van der Waals surface area contributed by atoms with E-state index in [4.69, 9.17) is 4.74 Å². The molecule has 0 aliphatic rings. The van der Waals surface area contributed by atoms with Crippen molar-refractivity contribution in [2.24, 2.45) is 0 Å². The Labute approximate surface area is 183 Å². The maximum atomic E-state index is 13.1. The molecular formula is C26H42O2Sn. The van der Waals surface area contributed by atoms with Crippen molar-refractivity contribution in [3.63, 3.8) is 0 Å². The summed E-state index contributed by atoms with van der Waals surface area (Å²) in [5.74, 6) is -0.128. The van der Waals surface area contributed by atoms with Crippen LogP contribution in [0.1, 0.15) is 78.2 Å². The summed E-state index contributed by atoms with van der Waals surface area (Å²) in [5.41, 5.74) is 2.16. The van der Waals surface area contributed by atoms with Crippen molar-refractivity contribution in [2.45, 2.75) is 86.0 Å². The van der Waals surface area contributed by atoms with Crippen molar-refractivity contribution in [3.05, 3.63) is 54.1 Å². The topological polar surface area (TPSA) is 26.3 Å². The van der Waals surface area contributed by atoms with Crippen molar-refractivity contribution in [1.29, 1.82) is 0 Å². The van der Waals surface area contributed by atoms with E-state index in [1.807, 2.05) is 13.0 Å². The van der Waals surface area contributed by atoms with Crippen LogP contribution >= 0.6 is 0 Å². The number of carbonyl (C=O) groups is 1. The molecule has 0 spiro atoms. The maximum absolute atomic E-state index is 13.1. The summed E-state index contributed by atoms with van der Waals surface area (Å²) in [6.07, 6.45) is 9.94. The van der Waals surface area contributed by atoms with E-state index in [1.54, 1.807) is 0 Å². The van der Waals surface area contributed by atoms with Crippen molar-refractivity contribution >= 4 is 27.9 Å². The molecule has 162 valence electrons. The van der Waals surface area contributed by atoms with Crippen LogP contribution < -0.4 is 0 Å². The molecule has 0 radical (unpaired) electrons. The predicted molar refractivity (Wildman–Crippen MR) is 130 cm³/mol. The first kappa shape index (κ1) is 26.0. The number of carbonyl (C=O) groups excluding carboxylic acids is 1. The summed E-state index contributed by atoms with van der Waals surface area (Å²) in [6, 6.07) is 10.7. The Kier molecular flexibility index (Phi) is 13.3. The Morgan fingerprint density at radius 1 is 0.931 bits per heavy atom. The van der Waals surface area contributed by atoms with Gasteiger partial charge in [0.1, 0.15) is 0 Å². The van der Waals surface area contributed by atoms with E-state index in [9.17, 15) is 4.79 Å². The molecule has 29 heavy (non-hydrogen) atoms. The Morgan fingerprint density at radius 3 is 1.86 bits per heavy atom. The van der Waals surface area contributed by atoms with E-state index >= 15 is 0 Å². The van der Waals surface area contributed by atoms with Crippen LogP contribution in [0.4, 0.5) is 0 Å². The van der Waals surface area contributed by atoms with Crippen LogP contribution in [0.5, 0.6) is 0 Å². The van der Waals surface area contributed by atoms with Gasteiger partial charge in [-0.3, -0.25) is 0 Å². The van der Waals surface area contributed by atoms with Crippen molar-refractivity contribution in [1.82, 2.24) is 0 Å². The molecule has 0 aliphatic heterocycles. The van der Waals surface area contributed by atoms with Gasteiger partial charge in [0, 0.05) is 0 Å². The third kappa shape index (κ3) is 7.96. The zero-order valence-electron chi connectivity index (χ0n) is 19.3. The average molecular weight is 505 g/mol. The van der Waals surface area contributed by atoms with Gasteiger partial charge in [0.05, 0.1) is 0 Å². The van der Waals surface area contributed by atoms with E-state index in [2.05, 4.69) is 57.7 Å². The van der Waals surface area contributed by atoms with E-state index < -0.39 is 18.4 Å². The second-order valence-corrected chi connectivity index (χ2v) is 21.0. The van der Waals surface area contributed by atoms with Gasteiger partial charge in [0.2, 0.25) is 0 Å². The number of hydrogen-bond donors (Lipinski definition) is 0. The predicted octanol–water partition coefficient (Wildman–Crippen LogP) is 7.97. The molecule has 1 rings (SSSR count). The van der Waals surface area contributed by atoms with Crippen molar-refractivity contribution in [2.75, 3.05) is 6.61 Å².